The Kier molecular flexibility index (Phi) is 3.48. The van der Waals surface area contributed by atoms with Gasteiger partial charge in [0.1, 0.15) is 0 Å². The molecule has 0 saturated carbocycles. The smallest absolute Gasteiger partial charge is 0.304 e. The zero-order valence-corrected chi connectivity index (χ0v) is 11.3. The molecule has 1 aromatic carbocycles. The molecule has 1 unspecified atom stereocenters. The highest BCUT2D eigenvalue weighted by Gasteiger charge is 2.22. The van der Waals surface area contributed by atoms with E-state index in [0.717, 1.165) is 24.7 Å². The molecular formula is C14H16N2O2S. The van der Waals surface area contributed by atoms with Crippen molar-refractivity contribution in [2.75, 3.05) is 12.3 Å². The molecule has 2 N–H and O–H groups in total. The Balaban J connectivity index is 2.09. The summed E-state index contributed by atoms with van der Waals surface area (Å²) in [5.41, 5.74) is 2.28. The Morgan fingerprint density at radius 2 is 2.32 bits per heavy atom. The number of hydrogen-bond acceptors (Lipinski definition) is 3. The summed E-state index contributed by atoms with van der Waals surface area (Å²) in [6, 6.07) is 10.3. The van der Waals surface area contributed by atoms with Crippen molar-refractivity contribution in [3.05, 3.63) is 36.0 Å². The Morgan fingerprint density at radius 1 is 1.47 bits per heavy atom. The normalized spacial score (nSPS) is 19.7. The third kappa shape index (κ3) is 2.48. The Hall–Kier alpha value is -1.46. The number of rotatable bonds is 2. The maximum absolute atomic E-state index is 11.1. The number of nitrogens with zero attached hydrogens (tertiary/aromatic N) is 1. The number of hydrogen-bond donors (Lipinski definition) is 2. The summed E-state index contributed by atoms with van der Waals surface area (Å²) in [4.78, 5) is 11.1. The number of aliphatic carboxylic acids is 1. The summed E-state index contributed by atoms with van der Waals surface area (Å²) in [6.07, 6.45) is 0.182. The predicted molar refractivity (Wildman–Crippen MR) is 77.4 cm³/mol. The van der Waals surface area contributed by atoms with E-state index in [1.807, 2.05) is 12.1 Å². The molecule has 1 aliphatic rings. The highest BCUT2D eigenvalue weighted by Crippen LogP contribution is 2.36. The summed E-state index contributed by atoms with van der Waals surface area (Å²) in [6.45, 7) is 1.66. The molecule has 0 saturated heterocycles. The first-order chi connectivity index (χ1) is 9.25. The zero-order chi connectivity index (χ0) is 13.2. The summed E-state index contributed by atoms with van der Waals surface area (Å²) in [7, 11) is 0. The molecule has 2 aromatic rings. The van der Waals surface area contributed by atoms with Gasteiger partial charge in [0.2, 0.25) is 0 Å². The fourth-order valence-corrected chi connectivity index (χ4v) is 3.72. The number of benzene rings is 1. The van der Waals surface area contributed by atoms with Gasteiger partial charge in [-0.2, -0.15) is 11.8 Å². The molecule has 3 rings (SSSR count). The Labute approximate surface area is 115 Å². The second-order valence-electron chi connectivity index (χ2n) is 4.67. The SMILES string of the molecule is O=C(O)CC1SCCNCn2c1cc1ccccc12. The van der Waals surface area contributed by atoms with Crippen LogP contribution in [0.1, 0.15) is 17.4 Å². The monoisotopic (exact) mass is 276 g/mol. The maximum Gasteiger partial charge on any atom is 0.304 e. The highest BCUT2D eigenvalue weighted by atomic mass is 32.2. The van der Waals surface area contributed by atoms with E-state index in [0.29, 0.717) is 0 Å². The molecule has 0 amide bonds. The van der Waals surface area contributed by atoms with E-state index in [1.165, 1.54) is 10.9 Å². The number of para-hydroxylation sites is 1. The van der Waals surface area contributed by atoms with Crippen molar-refractivity contribution in [3.8, 4) is 0 Å². The molecule has 0 bridgehead atoms. The summed E-state index contributed by atoms with van der Waals surface area (Å²) in [5.74, 6) is 0.210. The molecule has 2 heterocycles. The van der Waals surface area contributed by atoms with E-state index in [4.69, 9.17) is 5.11 Å². The van der Waals surface area contributed by atoms with Gasteiger partial charge in [0.25, 0.3) is 0 Å². The van der Waals surface area contributed by atoms with Crippen molar-refractivity contribution in [1.82, 2.24) is 9.88 Å². The van der Waals surface area contributed by atoms with Crippen LogP contribution >= 0.6 is 11.8 Å². The molecule has 0 radical (unpaired) electrons. The first-order valence-corrected chi connectivity index (χ1v) is 7.43. The van der Waals surface area contributed by atoms with Crippen LogP contribution in [-0.4, -0.2) is 27.9 Å². The average Bonchev–Trinajstić information content (AvgIpc) is 2.72. The molecule has 1 atom stereocenters. The van der Waals surface area contributed by atoms with Crippen molar-refractivity contribution >= 4 is 28.6 Å². The van der Waals surface area contributed by atoms with E-state index in [-0.39, 0.29) is 11.7 Å². The average molecular weight is 276 g/mol. The topological polar surface area (TPSA) is 54.3 Å². The van der Waals surface area contributed by atoms with Crippen molar-refractivity contribution < 1.29 is 9.90 Å². The number of carboxylic acids is 1. The minimum Gasteiger partial charge on any atom is -0.481 e. The molecule has 4 nitrogen and oxygen atoms in total. The van der Waals surface area contributed by atoms with Crippen LogP contribution in [0, 0.1) is 0 Å². The van der Waals surface area contributed by atoms with E-state index < -0.39 is 5.97 Å². The zero-order valence-electron chi connectivity index (χ0n) is 10.5. The van der Waals surface area contributed by atoms with Crippen LogP contribution in [0.25, 0.3) is 10.9 Å². The summed E-state index contributed by atoms with van der Waals surface area (Å²) in [5, 5.41) is 13.7. The van der Waals surface area contributed by atoms with Gasteiger partial charge in [0, 0.05) is 23.5 Å². The third-order valence-corrected chi connectivity index (χ3v) is 4.65. The first kappa shape index (κ1) is 12.6. The van der Waals surface area contributed by atoms with Crippen molar-refractivity contribution in [3.63, 3.8) is 0 Å². The molecule has 0 fully saturated rings. The number of fused-ring (bicyclic) bond motifs is 3. The predicted octanol–water partition coefficient (Wildman–Crippen LogP) is 2.45. The molecule has 1 aromatic heterocycles. The van der Waals surface area contributed by atoms with Crippen molar-refractivity contribution in [2.24, 2.45) is 0 Å². The van der Waals surface area contributed by atoms with Gasteiger partial charge in [-0.1, -0.05) is 18.2 Å². The Morgan fingerprint density at radius 3 is 3.16 bits per heavy atom. The van der Waals surface area contributed by atoms with Crippen LogP contribution in [0.5, 0.6) is 0 Å². The molecule has 5 heteroatoms. The minimum atomic E-state index is -0.733. The lowest BCUT2D eigenvalue weighted by Gasteiger charge is -2.22. The summed E-state index contributed by atoms with van der Waals surface area (Å²) < 4.78 is 2.20. The van der Waals surface area contributed by atoms with Gasteiger partial charge in [0.05, 0.1) is 18.3 Å². The third-order valence-electron chi connectivity index (χ3n) is 3.40. The molecule has 1 aliphatic heterocycles. The largest absolute Gasteiger partial charge is 0.481 e. The van der Waals surface area contributed by atoms with Crippen LogP contribution < -0.4 is 5.32 Å². The molecule has 19 heavy (non-hydrogen) atoms. The first-order valence-electron chi connectivity index (χ1n) is 6.38. The van der Waals surface area contributed by atoms with E-state index in [2.05, 4.69) is 28.1 Å². The van der Waals surface area contributed by atoms with Gasteiger partial charge in [-0.05, 0) is 17.5 Å². The number of nitrogens with one attached hydrogen (secondary N) is 1. The number of thioether (sulfide) groups is 1. The number of carbonyl (C=O) groups is 1. The lowest BCUT2D eigenvalue weighted by atomic mass is 10.2. The standard InChI is InChI=1S/C14H16N2O2S/c17-14(18)8-13-12-7-10-3-1-2-4-11(10)16(12)9-15-5-6-19-13/h1-4,7,13,15H,5-6,8-9H2,(H,17,18). The molecular weight excluding hydrogens is 260 g/mol. The second-order valence-corrected chi connectivity index (χ2v) is 5.98. The van der Waals surface area contributed by atoms with Crippen LogP contribution in [0.3, 0.4) is 0 Å². The van der Waals surface area contributed by atoms with Gasteiger partial charge in [-0.25, -0.2) is 0 Å². The van der Waals surface area contributed by atoms with Crippen molar-refractivity contribution in [2.45, 2.75) is 18.3 Å². The number of aromatic nitrogens is 1. The van der Waals surface area contributed by atoms with Crippen LogP contribution in [-0.2, 0) is 11.5 Å². The van der Waals surface area contributed by atoms with E-state index >= 15 is 0 Å². The van der Waals surface area contributed by atoms with Crippen LogP contribution in [0.4, 0.5) is 0 Å². The maximum atomic E-state index is 11.1. The van der Waals surface area contributed by atoms with Gasteiger partial charge in [0.15, 0.2) is 0 Å². The number of carboxylic acid groups (broad SMARTS) is 1. The van der Waals surface area contributed by atoms with Crippen molar-refractivity contribution in [1.29, 1.82) is 0 Å². The van der Waals surface area contributed by atoms with E-state index in [9.17, 15) is 4.79 Å². The van der Waals surface area contributed by atoms with Gasteiger partial charge in [-0.3, -0.25) is 10.1 Å². The van der Waals surface area contributed by atoms with Crippen LogP contribution in [0.2, 0.25) is 0 Å². The molecule has 0 aliphatic carbocycles. The van der Waals surface area contributed by atoms with Crippen LogP contribution in [0.15, 0.2) is 30.3 Å². The van der Waals surface area contributed by atoms with Gasteiger partial charge in [-0.15, -0.1) is 0 Å². The fraction of sp³-hybridized carbons (Fsp3) is 0.357. The highest BCUT2D eigenvalue weighted by molar-refractivity contribution is 7.99. The minimum absolute atomic E-state index is 0.0343. The Bertz CT molecular complexity index is 609. The lowest BCUT2D eigenvalue weighted by molar-refractivity contribution is -0.137. The fourth-order valence-electron chi connectivity index (χ4n) is 2.55. The molecule has 100 valence electrons. The molecule has 0 spiro atoms. The summed E-state index contributed by atoms with van der Waals surface area (Å²) >= 11 is 1.72. The lowest BCUT2D eigenvalue weighted by Crippen LogP contribution is -2.26. The quantitative estimate of drug-likeness (QED) is 0.884. The van der Waals surface area contributed by atoms with Gasteiger partial charge < -0.3 is 9.67 Å². The van der Waals surface area contributed by atoms with Gasteiger partial charge >= 0.3 is 5.97 Å². The van der Waals surface area contributed by atoms with E-state index in [1.54, 1.807) is 11.8 Å². The second kappa shape index (κ2) is 5.27.